The zero-order valence-electron chi connectivity index (χ0n) is 16.0. The molecule has 1 saturated heterocycles. The summed E-state index contributed by atoms with van der Waals surface area (Å²) in [5, 5.41) is 1.62. The van der Waals surface area contributed by atoms with Gasteiger partial charge in [-0.1, -0.05) is 53.4 Å². The van der Waals surface area contributed by atoms with E-state index in [-0.39, 0.29) is 12.0 Å². The maximum atomic E-state index is 13.3. The number of alkyl halides is 3. The number of benzene rings is 2. The Hall–Kier alpha value is -1.90. The van der Waals surface area contributed by atoms with Crippen molar-refractivity contribution in [2.24, 2.45) is 0 Å². The van der Waals surface area contributed by atoms with E-state index in [1.54, 1.807) is 17.4 Å². The lowest BCUT2D eigenvalue weighted by Gasteiger charge is -2.25. The van der Waals surface area contributed by atoms with Gasteiger partial charge in [-0.3, -0.25) is 0 Å². The Morgan fingerprint density at radius 2 is 1.90 bits per heavy atom. The molecule has 1 aliphatic heterocycles. The van der Waals surface area contributed by atoms with Crippen LogP contribution in [0.4, 0.5) is 18.3 Å². The number of halogens is 4. The van der Waals surface area contributed by atoms with Gasteiger partial charge in [0.1, 0.15) is 0 Å². The van der Waals surface area contributed by atoms with Gasteiger partial charge in [0.2, 0.25) is 0 Å². The highest BCUT2D eigenvalue weighted by Crippen LogP contribution is 2.33. The molecule has 0 spiro atoms. The zero-order valence-corrected chi connectivity index (χ0v) is 18.3. The molecule has 4 rings (SSSR count). The van der Waals surface area contributed by atoms with E-state index in [0.29, 0.717) is 23.1 Å². The molecule has 1 fully saturated rings. The van der Waals surface area contributed by atoms with E-state index in [1.807, 2.05) is 23.1 Å². The summed E-state index contributed by atoms with van der Waals surface area (Å²) in [6.07, 6.45) is -3.40. The quantitative estimate of drug-likeness (QED) is 0.435. The van der Waals surface area contributed by atoms with Crippen LogP contribution in [0.15, 0.2) is 42.5 Å². The van der Waals surface area contributed by atoms with Crippen LogP contribution in [0.2, 0.25) is 5.02 Å². The van der Waals surface area contributed by atoms with Crippen molar-refractivity contribution in [3.05, 3.63) is 58.6 Å². The predicted molar refractivity (Wildman–Crippen MR) is 121 cm³/mol. The summed E-state index contributed by atoms with van der Waals surface area (Å²) < 4.78 is 40.9. The van der Waals surface area contributed by atoms with Crippen molar-refractivity contribution < 1.29 is 13.2 Å². The van der Waals surface area contributed by atoms with Crippen molar-refractivity contribution in [3.63, 3.8) is 0 Å². The number of hydrogen-bond acceptors (Lipinski definition) is 4. The highest BCUT2D eigenvalue weighted by molar-refractivity contribution is 7.80. The third-order valence-electron chi connectivity index (χ3n) is 5.12. The molecule has 158 valence electrons. The predicted octanol–water partition coefficient (Wildman–Crippen LogP) is 6.05. The highest BCUT2D eigenvalue weighted by Gasteiger charge is 2.33. The van der Waals surface area contributed by atoms with Gasteiger partial charge >= 0.3 is 6.18 Å². The number of anilines is 1. The molecular formula is C21H19ClF3N3S2. The molecule has 3 aromatic rings. The Balaban J connectivity index is 1.44. The fourth-order valence-corrected chi connectivity index (χ4v) is 5.24. The van der Waals surface area contributed by atoms with Crippen LogP contribution >= 0.6 is 35.2 Å². The van der Waals surface area contributed by atoms with E-state index in [9.17, 15) is 13.2 Å². The largest absolute Gasteiger partial charge is 0.416 e. The van der Waals surface area contributed by atoms with Crippen LogP contribution in [-0.4, -0.2) is 41.1 Å². The maximum Gasteiger partial charge on any atom is 0.416 e. The average Bonchev–Trinajstić information content (AvgIpc) is 2.95. The molecule has 0 aliphatic carbocycles. The fraction of sp³-hybridized carbons (Fsp3) is 0.333. The summed E-state index contributed by atoms with van der Waals surface area (Å²) in [4.78, 5) is 9.48. The van der Waals surface area contributed by atoms with E-state index in [0.717, 1.165) is 40.9 Å². The number of hydrogen-bond donors (Lipinski definition) is 0. The smallest absolute Gasteiger partial charge is 0.364 e. The average molecular weight is 470 g/mol. The van der Waals surface area contributed by atoms with Gasteiger partial charge < -0.3 is 9.80 Å². The number of nitrogens with zero attached hydrogens (tertiary/aromatic N) is 3. The van der Waals surface area contributed by atoms with Crippen molar-refractivity contribution >= 4 is 55.5 Å². The second-order valence-corrected chi connectivity index (χ2v) is 9.08. The minimum atomic E-state index is -4.38. The van der Waals surface area contributed by atoms with Crippen LogP contribution in [0.3, 0.4) is 0 Å². The van der Waals surface area contributed by atoms with Crippen LogP contribution in [-0.2, 0) is 12.6 Å². The molecule has 30 heavy (non-hydrogen) atoms. The molecule has 9 heteroatoms. The molecule has 0 radical (unpaired) electrons. The molecule has 0 bridgehead atoms. The van der Waals surface area contributed by atoms with Crippen LogP contribution in [0.25, 0.3) is 10.2 Å². The first-order chi connectivity index (χ1) is 14.3. The van der Waals surface area contributed by atoms with Crippen molar-refractivity contribution in [1.29, 1.82) is 0 Å². The lowest BCUT2D eigenvalue weighted by atomic mass is 10.0. The first kappa shape index (κ1) is 21.3. The van der Waals surface area contributed by atoms with E-state index in [2.05, 4.69) is 4.90 Å². The monoisotopic (exact) mass is 469 g/mol. The normalized spacial score (nSPS) is 15.5. The van der Waals surface area contributed by atoms with Crippen molar-refractivity contribution in [3.8, 4) is 0 Å². The molecule has 2 aromatic carbocycles. The van der Waals surface area contributed by atoms with Crippen LogP contribution in [0, 0.1) is 0 Å². The van der Waals surface area contributed by atoms with Crippen LogP contribution in [0.1, 0.15) is 17.5 Å². The second kappa shape index (κ2) is 8.69. The fourth-order valence-electron chi connectivity index (χ4n) is 3.61. The topological polar surface area (TPSA) is 19.4 Å². The summed E-state index contributed by atoms with van der Waals surface area (Å²) in [6.45, 7) is 2.92. The van der Waals surface area contributed by atoms with Gasteiger partial charge in [-0.25, -0.2) is 4.98 Å². The number of thiazole rings is 1. The summed E-state index contributed by atoms with van der Waals surface area (Å²) in [5.41, 5.74) is 0.524. The molecule has 3 nitrogen and oxygen atoms in total. The maximum absolute atomic E-state index is 13.3. The Bertz CT molecular complexity index is 1070. The first-order valence-electron chi connectivity index (χ1n) is 9.55. The highest BCUT2D eigenvalue weighted by atomic mass is 35.5. The van der Waals surface area contributed by atoms with E-state index in [4.69, 9.17) is 28.8 Å². The summed E-state index contributed by atoms with van der Waals surface area (Å²) in [6, 6.07) is 11.3. The third-order valence-corrected chi connectivity index (χ3v) is 6.84. The SMILES string of the molecule is FC(F)(F)c1ccccc1CC(=S)N1CCCN(c2nc3ccc(Cl)cc3s2)CC1. The Kier molecular flexibility index (Phi) is 6.18. The van der Waals surface area contributed by atoms with Gasteiger partial charge in [0.15, 0.2) is 5.13 Å². The lowest BCUT2D eigenvalue weighted by molar-refractivity contribution is -0.138. The molecule has 0 atom stereocenters. The van der Waals surface area contributed by atoms with E-state index < -0.39 is 11.7 Å². The number of rotatable bonds is 3. The van der Waals surface area contributed by atoms with E-state index >= 15 is 0 Å². The minimum Gasteiger partial charge on any atom is -0.364 e. The van der Waals surface area contributed by atoms with Gasteiger partial charge in [-0.2, -0.15) is 13.2 Å². The molecule has 0 unspecified atom stereocenters. The molecule has 2 heterocycles. The van der Waals surface area contributed by atoms with Gasteiger partial charge in [-0.15, -0.1) is 0 Å². The number of fused-ring (bicyclic) bond motifs is 1. The third kappa shape index (κ3) is 4.71. The lowest BCUT2D eigenvalue weighted by Crippen LogP contribution is -2.35. The molecular weight excluding hydrogens is 451 g/mol. The first-order valence-corrected chi connectivity index (χ1v) is 11.2. The van der Waals surface area contributed by atoms with Gasteiger partial charge in [0.05, 0.1) is 20.8 Å². The summed E-state index contributed by atoms with van der Waals surface area (Å²) in [5.74, 6) is 0. The van der Waals surface area contributed by atoms with Crippen molar-refractivity contribution in [2.45, 2.75) is 19.0 Å². The molecule has 0 saturated carbocycles. The molecule has 0 amide bonds. The second-order valence-electron chi connectivity index (χ2n) is 7.16. The Labute approximate surface area is 187 Å². The standard InChI is InChI=1S/C21H19ClF3N3S2/c22-15-6-7-17-18(13-15)30-20(26-17)28-9-3-8-27(10-11-28)19(29)12-14-4-1-2-5-16(14)21(23,24)25/h1-2,4-7,13H,3,8-12H2. The molecule has 0 N–H and O–H groups in total. The van der Waals surface area contributed by atoms with Gasteiger partial charge in [0, 0.05) is 37.6 Å². The van der Waals surface area contributed by atoms with Crippen molar-refractivity contribution in [1.82, 2.24) is 9.88 Å². The molecule has 1 aromatic heterocycles. The van der Waals surface area contributed by atoms with Crippen LogP contribution in [0.5, 0.6) is 0 Å². The van der Waals surface area contributed by atoms with E-state index in [1.165, 1.54) is 12.1 Å². The Morgan fingerprint density at radius 3 is 2.70 bits per heavy atom. The summed E-state index contributed by atoms with van der Waals surface area (Å²) >= 11 is 13.2. The Morgan fingerprint density at radius 1 is 1.10 bits per heavy atom. The number of thiocarbonyl (C=S) groups is 1. The zero-order chi connectivity index (χ0) is 21.3. The van der Waals surface area contributed by atoms with Gasteiger partial charge in [-0.05, 0) is 36.2 Å². The minimum absolute atomic E-state index is 0.116. The van der Waals surface area contributed by atoms with Crippen LogP contribution < -0.4 is 4.90 Å². The number of aromatic nitrogens is 1. The molecule has 1 aliphatic rings. The van der Waals surface area contributed by atoms with Gasteiger partial charge in [0.25, 0.3) is 0 Å². The van der Waals surface area contributed by atoms with Crippen molar-refractivity contribution in [2.75, 3.05) is 31.1 Å². The summed E-state index contributed by atoms with van der Waals surface area (Å²) in [7, 11) is 0.